The number of aromatic hydroxyl groups is 1. The van der Waals surface area contributed by atoms with E-state index in [-0.39, 0.29) is 11.5 Å². The fourth-order valence-corrected chi connectivity index (χ4v) is 2.06. The van der Waals surface area contributed by atoms with Gasteiger partial charge < -0.3 is 5.11 Å². The van der Waals surface area contributed by atoms with E-state index < -0.39 is 0 Å². The van der Waals surface area contributed by atoms with Crippen molar-refractivity contribution in [3.05, 3.63) is 28.8 Å². The fraction of sp³-hybridized carbons (Fsp3) is 0.417. The van der Waals surface area contributed by atoms with Crippen molar-refractivity contribution in [3.8, 4) is 5.75 Å². The van der Waals surface area contributed by atoms with E-state index in [2.05, 4.69) is 0 Å². The molecule has 1 aromatic rings. The summed E-state index contributed by atoms with van der Waals surface area (Å²) in [6.45, 7) is 1.81. The van der Waals surface area contributed by atoms with Gasteiger partial charge in [-0.2, -0.15) is 0 Å². The number of phenolic OH excluding ortho intramolecular Hbond substituents is 1. The van der Waals surface area contributed by atoms with Gasteiger partial charge in [-0.3, -0.25) is 4.79 Å². The predicted octanol–water partition coefficient (Wildman–Crippen LogP) is 2.47. The van der Waals surface area contributed by atoms with E-state index in [4.69, 9.17) is 0 Å². The zero-order valence-electron chi connectivity index (χ0n) is 8.34. The van der Waals surface area contributed by atoms with Crippen molar-refractivity contribution < 1.29 is 9.90 Å². The molecular weight excluding hydrogens is 176 g/mol. The number of hydrogen-bond donors (Lipinski definition) is 1. The molecule has 14 heavy (non-hydrogen) atoms. The Labute approximate surface area is 83.6 Å². The van der Waals surface area contributed by atoms with Gasteiger partial charge in [0.2, 0.25) is 0 Å². The van der Waals surface area contributed by atoms with Crippen molar-refractivity contribution in [1.82, 2.24) is 0 Å². The largest absolute Gasteiger partial charge is 0.507 e. The van der Waals surface area contributed by atoms with Crippen molar-refractivity contribution >= 4 is 5.78 Å². The highest BCUT2D eigenvalue weighted by Crippen LogP contribution is 2.33. The van der Waals surface area contributed by atoms with Gasteiger partial charge in [-0.15, -0.1) is 0 Å². The van der Waals surface area contributed by atoms with E-state index >= 15 is 0 Å². The lowest BCUT2D eigenvalue weighted by atomic mass is 10.0. The number of carbonyl (C=O) groups is 1. The number of carbonyl (C=O) groups excluding carboxylic acids is 1. The molecule has 0 amide bonds. The monoisotopic (exact) mass is 190 g/mol. The van der Waals surface area contributed by atoms with Crippen LogP contribution in [0.15, 0.2) is 12.1 Å². The number of aryl methyl sites for hydroxylation is 1. The molecule has 0 heterocycles. The van der Waals surface area contributed by atoms with Gasteiger partial charge in [-0.1, -0.05) is 13.0 Å². The quantitative estimate of drug-likeness (QED) is 0.727. The lowest BCUT2D eigenvalue weighted by molar-refractivity contribution is 0.0985. The molecule has 0 saturated carbocycles. The first-order chi connectivity index (χ1) is 6.74. The number of hydrogen-bond acceptors (Lipinski definition) is 2. The molecule has 1 aliphatic carbocycles. The van der Waals surface area contributed by atoms with Crippen LogP contribution < -0.4 is 0 Å². The van der Waals surface area contributed by atoms with Crippen LogP contribution in [0.2, 0.25) is 0 Å². The zero-order valence-corrected chi connectivity index (χ0v) is 8.34. The van der Waals surface area contributed by atoms with E-state index in [0.717, 1.165) is 24.8 Å². The summed E-state index contributed by atoms with van der Waals surface area (Å²) in [6, 6.07) is 3.73. The molecule has 0 unspecified atom stereocenters. The van der Waals surface area contributed by atoms with Gasteiger partial charge in [-0.05, 0) is 36.5 Å². The number of Topliss-reactive ketones (excluding diaryl/α,β-unsaturated/α-hetero) is 1. The van der Waals surface area contributed by atoms with Crippen LogP contribution in [0.3, 0.4) is 0 Å². The van der Waals surface area contributed by atoms with Crippen LogP contribution in [0.5, 0.6) is 5.75 Å². The Bertz CT molecular complexity index is 380. The Morgan fingerprint density at radius 3 is 2.93 bits per heavy atom. The van der Waals surface area contributed by atoms with Gasteiger partial charge in [0.1, 0.15) is 5.75 Å². The molecule has 0 bridgehead atoms. The first-order valence-corrected chi connectivity index (χ1v) is 5.11. The lowest BCUT2D eigenvalue weighted by Crippen LogP contribution is -1.99. The van der Waals surface area contributed by atoms with E-state index in [9.17, 15) is 9.90 Å². The normalized spacial score (nSPS) is 14.1. The molecule has 2 nitrogen and oxygen atoms in total. The van der Waals surface area contributed by atoms with Crippen LogP contribution in [-0.4, -0.2) is 10.9 Å². The van der Waals surface area contributed by atoms with Crippen LogP contribution in [0.25, 0.3) is 0 Å². The van der Waals surface area contributed by atoms with E-state index in [1.807, 2.05) is 13.0 Å². The van der Waals surface area contributed by atoms with Gasteiger partial charge >= 0.3 is 0 Å². The highest BCUT2D eigenvalue weighted by atomic mass is 16.3. The van der Waals surface area contributed by atoms with E-state index in [1.54, 1.807) is 6.07 Å². The molecule has 0 aliphatic heterocycles. The Hall–Kier alpha value is -1.31. The second-order valence-corrected chi connectivity index (χ2v) is 3.73. The Kier molecular flexibility index (Phi) is 2.28. The number of rotatable bonds is 2. The van der Waals surface area contributed by atoms with E-state index in [1.165, 1.54) is 5.56 Å². The third kappa shape index (κ3) is 1.31. The summed E-state index contributed by atoms with van der Waals surface area (Å²) >= 11 is 0. The zero-order chi connectivity index (χ0) is 10.1. The third-order valence-electron chi connectivity index (χ3n) is 2.87. The van der Waals surface area contributed by atoms with Crippen molar-refractivity contribution in [3.63, 3.8) is 0 Å². The average Bonchev–Trinajstić information content (AvgIpc) is 2.66. The third-order valence-corrected chi connectivity index (χ3v) is 2.87. The smallest absolute Gasteiger partial charge is 0.166 e. The summed E-state index contributed by atoms with van der Waals surface area (Å²) in [5, 5.41) is 9.89. The van der Waals surface area contributed by atoms with Gasteiger partial charge in [0.15, 0.2) is 5.78 Å². The maximum absolute atomic E-state index is 11.5. The molecular formula is C12H14O2. The fourth-order valence-electron chi connectivity index (χ4n) is 2.06. The highest BCUT2D eigenvalue weighted by molar-refractivity contribution is 5.98. The summed E-state index contributed by atoms with van der Waals surface area (Å²) in [6.07, 6.45) is 3.48. The van der Waals surface area contributed by atoms with Crippen LogP contribution in [0, 0.1) is 0 Å². The Morgan fingerprint density at radius 2 is 2.21 bits per heavy atom. The summed E-state index contributed by atoms with van der Waals surface area (Å²) < 4.78 is 0. The van der Waals surface area contributed by atoms with Gasteiger partial charge in [-0.25, -0.2) is 0 Å². The maximum Gasteiger partial charge on any atom is 0.166 e. The van der Waals surface area contributed by atoms with Gasteiger partial charge in [0.05, 0.1) is 5.56 Å². The van der Waals surface area contributed by atoms with E-state index in [0.29, 0.717) is 12.0 Å². The van der Waals surface area contributed by atoms with Crippen LogP contribution >= 0.6 is 0 Å². The first-order valence-electron chi connectivity index (χ1n) is 5.11. The van der Waals surface area contributed by atoms with Crippen molar-refractivity contribution in [1.29, 1.82) is 0 Å². The molecule has 1 N–H and O–H groups in total. The second kappa shape index (κ2) is 3.45. The molecule has 74 valence electrons. The maximum atomic E-state index is 11.5. The topological polar surface area (TPSA) is 37.3 Å². The number of fused-ring (bicyclic) bond motifs is 1. The molecule has 2 rings (SSSR count). The molecule has 0 spiro atoms. The van der Waals surface area contributed by atoms with Gasteiger partial charge in [0, 0.05) is 6.42 Å². The van der Waals surface area contributed by atoms with Crippen molar-refractivity contribution in [2.45, 2.75) is 32.6 Å². The number of phenols is 1. The van der Waals surface area contributed by atoms with Crippen molar-refractivity contribution in [2.75, 3.05) is 0 Å². The minimum atomic E-state index is 0.0252. The molecule has 0 atom stereocenters. The summed E-state index contributed by atoms with van der Waals surface area (Å²) in [4.78, 5) is 11.5. The minimum Gasteiger partial charge on any atom is -0.507 e. The number of benzene rings is 1. The summed E-state index contributed by atoms with van der Waals surface area (Å²) in [5.74, 6) is 0.254. The summed E-state index contributed by atoms with van der Waals surface area (Å²) in [7, 11) is 0. The first kappa shape index (κ1) is 9.25. The Balaban J connectivity index is 2.50. The van der Waals surface area contributed by atoms with Crippen molar-refractivity contribution in [2.24, 2.45) is 0 Å². The highest BCUT2D eigenvalue weighted by Gasteiger charge is 2.19. The standard InChI is InChI=1S/C12H14O2/c1-2-11(13)10-7-6-8-4-3-5-9(8)12(10)14/h6-7,14H,2-5H2,1H3. The van der Waals surface area contributed by atoms with Crippen LogP contribution in [-0.2, 0) is 12.8 Å². The molecule has 0 radical (unpaired) electrons. The average molecular weight is 190 g/mol. The van der Waals surface area contributed by atoms with Crippen LogP contribution in [0.1, 0.15) is 41.3 Å². The molecule has 1 aliphatic rings. The molecule has 0 saturated heterocycles. The Morgan fingerprint density at radius 1 is 1.43 bits per heavy atom. The molecule has 1 aromatic carbocycles. The molecule has 0 fully saturated rings. The van der Waals surface area contributed by atoms with Crippen LogP contribution in [0.4, 0.5) is 0 Å². The number of ketones is 1. The SMILES string of the molecule is CCC(=O)c1ccc2c(c1O)CCC2. The minimum absolute atomic E-state index is 0.0252. The second-order valence-electron chi connectivity index (χ2n) is 3.73. The summed E-state index contributed by atoms with van der Waals surface area (Å²) in [5.41, 5.74) is 2.69. The molecule has 0 aromatic heterocycles. The lowest BCUT2D eigenvalue weighted by Gasteiger charge is -2.07. The predicted molar refractivity (Wildman–Crippen MR) is 54.8 cm³/mol. The molecule has 2 heteroatoms. The van der Waals surface area contributed by atoms with Gasteiger partial charge in [0.25, 0.3) is 0 Å².